The van der Waals surface area contributed by atoms with Gasteiger partial charge in [-0.15, -0.1) is 0 Å². The van der Waals surface area contributed by atoms with Crippen molar-refractivity contribution in [1.29, 1.82) is 0 Å². The summed E-state index contributed by atoms with van der Waals surface area (Å²) in [6, 6.07) is 5.58. The number of aryl methyl sites for hydroxylation is 1. The Bertz CT molecular complexity index is 441. The average Bonchev–Trinajstić information content (AvgIpc) is 2.35. The molecule has 0 radical (unpaired) electrons. The Morgan fingerprint density at radius 1 is 1.35 bits per heavy atom. The standard InChI is InChI=1S/C16H25NO3/c1-11(2)7-8-17-16(19)10-20-15-9-12(3)5-6-14(15)13(4)18/h5-6,9,11,13,18H,7-8,10H2,1-4H3,(H,17,19). The van der Waals surface area contributed by atoms with Gasteiger partial charge in [0.25, 0.3) is 5.91 Å². The monoisotopic (exact) mass is 279 g/mol. The number of aliphatic hydroxyl groups excluding tert-OH is 1. The Hall–Kier alpha value is -1.55. The molecule has 0 spiro atoms. The number of carbonyl (C=O) groups excluding carboxylic acids is 1. The molecule has 1 rings (SSSR count). The summed E-state index contributed by atoms with van der Waals surface area (Å²) < 4.78 is 5.53. The minimum absolute atomic E-state index is 0.0265. The molecule has 112 valence electrons. The summed E-state index contributed by atoms with van der Waals surface area (Å²) in [4.78, 5) is 11.7. The molecule has 0 aliphatic heterocycles. The van der Waals surface area contributed by atoms with Crippen molar-refractivity contribution >= 4 is 5.91 Å². The van der Waals surface area contributed by atoms with E-state index in [2.05, 4.69) is 19.2 Å². The second kappa shape index (κ2) is 7.90. The zero-order valence-corrected chi connectivity index (χ0v) is 12.8. The van der Waals surface area contributed by atoms with Crippen LogP contribution in [-0.4, -0.2) is 24.2 Å². The summed E-state index contributed by atoms with van der Waals surface area (Å²) in [6.07, 6.45) is 0.337. The van der Waals surface area contributed by atoms with Gasteiger partial charge in [0, 0.05) is 12.1 Å². The zero-order valence-electron chi connectivity index (χ0n) is 12.8. The van der Waals surface area contributed by atoms with E-state index in [0.717, 1.165) is 12.0 Å². The molecule has 0 bridgehead atoms. The lowest BCUT2D eigenvalue weighted by atomic mass is 10.1. The maximum atomic E-state index is 11.7. The zero-order chi connectivity index (χ0) is 15.1. The van der Waals surface area contributed by atoms with Gasteiger partial charge in [-0.3, -0.25) is 4.79 Å². The molecule has 1 unspecified atom stereocenters. The summed E-state index contributed by atoms with van der Waals surface area (Å²) in [5, 5.41) is 12.5. The van der Waals surface area contributed by atoms with Crippen molar-refractivity contribution in [1.82, 2.24) is 5.32 Å². The first kappa shape index (κ1) is 16.5. The minimum Gasteiger partial charge on any atom is -0.483 e. The van der Waals surface area contributed by atoms with Gasteiger partial charge in [0.05, 0.1) is 6.10 Å². The van der Waals surface area contributed by atoms with Gasteiger partial charge in [-0.25, -0.2) is 0 Å². The average molecular weight is 279 g/mol. The number of amides is 1. The van der Waals surface area contributed by atoms with E-state index in [4.69, 9.17) is 4.74 Å². The van der Waals surface area contributed by atoms with Crippen LogP contribution in [0.5, 0.6) is 5.75 Å². The van der Waals surface area contributed by atoms with Crippen molar-refractivity contribution in [2.24, 2.45) is 5.92 Å². The number of rotatable bonds is 7. The first-order chi connectivity index (χ1) is 9.40. The van der Waals surface area contributed by atoms with E-state index in [0.29, 0.717) is 23.8 Å². The van der Waals surface area contributed by atoms with Crippen LogP contribution in [-0.2, 0) is 4.79 Å². The van der Waals surface area contributed by atoms with Crippen LogP contribution in [0.15, 0.2) is 18.2 Å². The Morgan fingerprint density at radius 2 is 2.05 bits per heavy atom. The molecule has 20 heavy (non-hydrogen) atoms. The molecule has 0 aliphatic rings. The SMILES string of the molecule is Cc1ccc(C(C)O)c(OCC(=O)NCCC(C)C)c1. The Labute approximate surface area is 121 Å². The van der Waals surface area contributed by atoms with Crippen LogP contribution in [0.1, 0.15) is 44.4 Å². The minimum atomic E-state index is -0.616. The quantitative estimate of drug-likeness (QED) is 0.806. The van der Waals surface area contributed by atoms with E-state index in [1.165, 1.54) is 0 Å². The van der Waals surface area contributed by atoms with Crippen LogP contribution >= 0.6 is 0 Å². The van der Waals surface area contributed by atoms with Crippen LogP contribution in [0, 0.1) is 12.8 Å². The van der Waals surface area contributed by atoms with E-state index < -0.39 is 6.10 Å². The fourth-order valence-electron chi connectivity index (χ4n) is 1.81. The molecule has 0 fully saturated rings. The summed E-state index contributed by atoms with van der Waals surface area (Å²) >= 11 is 0. The largest absolute Gasteiger partial charge is 0.483 e. The highest BCUT2D eigenvalue weighted by Gasteiger charge is 2.11. The van der Waals surface area contributed by atoms with Gasteiger partial charge in [0.2, 0.25) is 0 Å². The normalized spacial score (nSPS) is 12.3. The fraction of sp³-hybridized carbons (Fsp3) is 0.562. The van der Waals surface area contributed by atoms with Crippen molar-refractivity contribution in [2.75, 3.05) is 13.2 Å². The predicted molar refractivity (Wildman–Crippen MR) is 79.8 cm³/mol. The molecule has 2 N–H and O–H groups in total. The Kier molecular flexibility index (Phi) is 6.52. The molecule has 0 heterocycles. The van der Waals surface area contributed by atoms with Crippen LogP contribution in [0.3, 0.4) is 0 Å². The van der Waals surface area contributed by atoms with Gasteiger partial charge in [-0.05, 0) is 37.8 Å². The number of benzene rings is 1. The fourth-order valence-corrected chi connectivity index (χ4v) is 1.81. The van der Waals surface area contributed by atoms with Crippen LogP contribution in [0.25, 0.3) is 0 Å². The first-order valence-corrected chi connectivity index (χ1v) is 7.08. The topological polar surface area (TPSA) is 58.6 Å². The Balaban J connectivity index is 2.52. The highest BCUT2D eigenvalue weighted by Crippen LogP contribution is 2.26. The van der Waals surface area contributed by atoms with Crippen molar-refractivity contribution in [3.05, 3.63) is 29.3 Å². The van der Waals surface area contributed by atoms with E-state index in [9.17, 15) is 9.90 Å². The molecule has 0 saturated heterocycles. The molecular weight excluding hydrogens is 254 g/mol. The third-order valence-corrected chi connectivity index (χ3v) is 3.02. The molecule has 0 aliphatic carbocycles. The van der Waals surface area contributed by atoms with Crippen molar-refractivity contribution in [3.63, 3.8) is 0 Å². The third-order valence-electron chi connectivity index (χ3n) is 3.02. The molecule has 0 saturated carbocycles. The number of hydrogen-bond donors (Lipinski definition) is 2. The summed E-state index contributed by atoms with van der Waals surface area (Å²) in [6.45, 7) is 8.49. The second-order valence-corrected chi connectivity index (χ2v) is 5.54. The van der Waals surface area contributed by atoms with Gasteiger partial charge in [0.1, 0.15) is 5.75 Å². The van der Waals surface area contributed by atoms with E-state index in [1.807, 2.05) is 25.1 Å². The molecule has 1 atom stereocenters. The predicted octanol–water partition coefficient (Wildman–Crippen LogP) is 2.59. The summed E-state index contributed by atoms with van der Waals surface area (Å²) in [5.74, 6) is 0.998. The highest BCUT2D eigenvalue weighted by atomic mass is 16.5. The van der Waals surface area contributed by atoms with Crippen LogP contribution in [0.4, 0.5) is 0 Å². The van der Waals surface area contributed by atoms with Gasteiger partial charge in [0.15, 0.2) is 6.61 Å². The molecule has 1 aromatic rings. The van der Waals surface area contributed by atoms with E-state index in [-0.39, 0.29) is 12.5 Å². The van der Waals surface area contributed by atoms with Gasteiger partial charge >= 0.3 is 0 Å². The van der Waals surface area contributed by atoms with Gasteiger partial charge in [-0.2, -0.15) is 0 Å². The number of nitrogens with one attached hydrogen (secondary N) is 1. The van der Waals surface area contributed by atoms with E-state index >= 15 is 0 Å². The highest BCUT2D eigenvalue weighted by molar-refractivity contribution is 5.77. The van der Waals surface area contributed by atoms with Crippen LogP contribution in [0.2, 0.25) is 0 Å². The smallest absolute Gasteiger partial charge is 0.257 e. The van der Waals surface area contributed by atoms with Gasteiger partial charge < -0.3 is 15.2 Å². The molecular formula is C16H25NO3. The summed E-state index contributed by atoms with van der Waals surface area (Å²) in [7, 11) is 0. The maximum Gasteiger partial charge on any atom is 0.257 e. The molecule has 4 heteroatoms. The lowest BCUT2D eigenvalue weighted by Gasteiger charge is -2.14. The van der Waals surface area contributed by atoms with Crippen LogP contribution < -0.4 is 10.1 Å². The second-order valence-electron chi connectivity index (χ2n) is 5.54. The van der Waals surface area contributed by atoms with Crippen molar-refractivity contribution in [3.8, 4) is 5.75 Å². The number of aliphatic hydroxyl groups is 1. The lowest BCUT2D eigenvalue weighted by Crippen LogP contribution is -2.30. The lowest BCUT2D eigenvalue weighted by molar-refractivity contribution is -0.123. The first-order valence-electron chi connectivity index (χ1n) is 7.08. The van der Waals surface area contributed by atoms with Crippen molar-refractivity contribution in [2.45, 2.75) is 40.2 Å². The van der Waals surface area contributed by atoms with E-state index in [1.54, 1.807) is 6.92 Å². The molecule has 0 aromatic heterocycles. The number of hydrogen-bond acceptors (Lipinski definition) is 3. The van der Waals surface area contributed by atoms with Crippen molar-refractivity contribution < 1.29 is 14.6 Å². The number of ether oxygens (including phenoxy) is 1. The van der Waals surface area contributed by atoms with Gasteiger partial charge in [-0.1, -0.05) is 26.0 Å². The Morgan fingerprint density at radius 3 is 2.65 bits per heavy atom. The number of carbonyl (C=O) groups is 1. The maximum absolute atomic E-state index is 11.7. The molecule has 4 nitrogen and oxygen atoms in total. The third kappa shape index (κ3) is 5.61. The molecule has 1 amide bonds. The molecule has 1 aromatic carbocycles. The summed E-state index contributed by atoms with van der Waals surface area (Å²) in [5.41, 5.74) is 1.73.